The third-order valence-corrected chi connectivity index (χ3v) is 3.71. The van der Waals surface area contributed by atoms with Crippen LogP contribution in [0.1, 0.15) is 6.23 Å². The molecule has 124 valence electrons. The van der Waals surface area contributed by atoms with Crippen molar-refractivity contribution in [1.29, 1.82) is 0 Å². The van der Waals surface area contributed by atoms with Gasteiger partial charge in [0.05, 0.1) is 6.33 Å². The lowest BCUT2D eigenvalue weighted by molar-refractivity contribution is -0.146. The molecule has 0 aliphatic carbocycles. The first kappa shape index (κ1) is 15.5. The molecule has 0 bridgehead atoms. The summed E-state index contributed by atoms with van der Waals surface area (Å²) in [6, 6.07) is -1.40. The molecule has 8 N–H and O–H groups in total. The highest BCUT2D eigenvalue weighted by atomic mass is 16.6. The molecule has 0 aromatic carbocycles. The van der Waals surface area contributed by atoms with Crippen molar-refractivity contribution in [2.24, 2.45) is 5.84 Å². The second-order valence-corrected chi connectivity index (χ2v) is 5.04. The van der Waals surface area contributed by atoms with Gasteiger partial charge < -0.3 is 25.8 Å². The summed E-state index contributed by atoms with van der Waals surface area (Å²) in [4.78, 5) is 23.0. The highest BCUT2D eigenvalue weighted by Gasteiger charge is 2.49. The Hall–Kier alpha value is -2.38. The molecule has 2 aromatic rings. The number of anilines is 1. The van der Waals surface area contributed by atoms with Crippen molar-refractivity contribution >= 4 is 23.0 Å². The Morgan fingerprint density at radius 3 is 2.74 bits per heavy atom. The lowest BCUT2D eigenvalue weighted by Crippen LogP contribution is -2.53. The van der Waals surface area contributed by atoms with Crippen LogP contribution in [0.5, 0.6) is 0 Å². The third kappa shape index (κ3) is 2.38. The van der Waals surface area contributed by atoms with Gasteiger partial charge in [-0.15, -0.1) is 0 Å². The predicted octanol–water partition coefficient (Wildman–Crippen LogP) is -3.06. The van der Waals surface area contributed by atoms with E-state index >= 15 is 0 Å². The van der Waals surface area contributed by atoms with Gasteiger partial charge in [0.1, 0.15) is 36.2 Å². The van der Waals surface area contributed by atoms with Crippen molar-refractivity contribution in [2.45, 2.75) is 30.6 Å². The molecule has 23 heavy (non-hydrogen) atoms. The molecule has 1 unspecified atom stereocenters. The Kier molecular flexibility index (Phi) is 3.83. The van der Waals surface area contributed by atoms with Crippen molar-refractivity contribution < 1.29 is 24.9 Å². The molecule has 0 radical (unpaired) electrons. The third-order valence-electron chi connectivity index (χ3n) is 3.71. The van der Waals surface area contributed by atoms with Crippen LogP contribution in [-0.4, -0.2) is 65.2 Å². The summed E-state index contributed by atoms with van der Waals surface area (Å²) >= 11 is 0. The van der Waals surface area contributed by atoms with Gasteiger partial charge >= 0.3 is 5.97 Å². The van der Waals surface area contributed by atoms with Crippen LogP contribution in [0, 0.1) is 0 Å². The van der Waals surface area contributed by atoms with E-state index in [-0.39, 0.29) is 11.5 Å². The van der Waals surface area contributed by atoms with Gasteiger partial charge in [-0.3, -0.25) is 15.2 Å². The Bertz CT molecular complexity index is 737. The average Bonchev–Trinajstić information content (AvgIpc) is 3.05. The van der Waals surface area contributed by atoms with Gasteiger partial charge in [-0.1, -0.05) is 0 Å². The SMILES string of the molecule is NNC(C(=O)O)[C@H]1O[C@@H](n2cnc3c(N)ncnc32)[C@H](O)[C@@H]1O. The molecule has 2 aromatic heterocycles. The number of hydrazine groups is 1. The number of nitrogens with two attached hydrogens (primary N) is 2. The van der Waals surface area contributed by atoms with E-state index in [4.69, 9.17) is 21.4 Å². The molecule has 0 saturated carbocycles. The highest BCUT2D eigenvalue weighted by Crippen LogP contribution is 2.33. The number of aliphatic hydroxyl groups excluding tert-OH is 2. The number of imidazole rings is 1. The number of nitrogen functional groups attached to an aromatic ring is 1. The van der Waals surface area contributed by atoms with Gasteiger partial charge in [0.2, 0.25) is 0 Å². The van der Waals surface area contributed by atoms with Crippen LogP contribution >= 0.6 is 0 Å². The summed E-state index contributed by atoms with van der Waals surface area (Å²) in [6.07, 6.45) is -2.74. The molecular weight excluding hydrogens is 310 g/mol. The Labute approximate surface area is 128 Å². The number of ether oxygens (including phenoxy) is 1. The molecular formula is C11H15N7O5. The summed E-state index contributed by atoms with van der Waals surface area (Å²) in [7, 11) is 0. The van der Waals surface area contributed by atoms with E-state index in [1.807, 2.05) is 5.43 Å². The fourth-order valence-corrected chi connectivity index (χ4v) is 2.55. The number of rotatable bonds is 4. The normalized spacial score (nSPS) is 29.0. The zero-order chi connectivity index (χ0) is 16.7. The molecule has 1 saturated heterocycles. The summed E-state index contributed by atoms with van der Waals surface area (Å²) in [6.45, 7) is 0. The molecule has 3 heterocycles. The van der Waals surface area contributed by atoms with Crippen LogP contribution in [-0.2, 0) is 9.53 Å². The number of aliphatic hydroxyl groups is 2. The largest absolute Gasteiger partial charge is 0.480 e. The van der Waals surface area contributed by atoms with Crippen LogP contribution in [0.3, 0.4) is 0 Å². The lowest BCUT2D eigenvalue weighted by Gasteiger charge is -2.21. The van der Waals surface area contributed by atoms with E-state index in [1.54, 1.807) is 0 Å². The number of fused-ring (bicyclic) bond motifs is 1. The van der Waals surface area contributed by atoms with E-state index in [0.29, 0.717) is 5.52 Å². The summed E-state index contributed by atoms with van der Waals surface area (Å²) in [5.41, 5.74) is 8.30. The predicted molar refractivity (Wildman–Crippen MR) is 74.4 cm³/mol. The van der Waals surface area contributed by atoms with E-state index < -0.39 is 36.6 Å². The smallest absolute Gasteiger partial charge is 0.324 e. The first-order valence-electron chi connectivity index (χ1n) is 6.59. The summed E-state index contributed by atoms with van der Waals surface area (Å²) < 4.78 is 6.84. The topological polar surface area (TPSA) is 195 Å². The molecule has 12 nitrogen and oxygen atoms in total. The number of nitrogens with zero attached hydrogens (tertiary/aromatic N) is 4. The van der Waals surface area contributed by atoms with Crippen molar-refractivity contribution in [3.63, 3.8) is 0 Å². The summed E-state index contributed by atoms with van der Waals surface area (Å²) in [5.74, 6) is 3.99. The zero-order valence-electron chi connectivity index (χ0n) is 11.6. The summed E-state index contributed by atoms with van der Waals surface area (Å²) in [5, 5.41) is 29.4. The van der Waals surface area contributed by atoms with E-state index in [0.717, 1.165) is 0 Å². The molecule has 0 spiro atoms. The van der Waals surface area contributed by atoms with Gasteiger partial charge in [-0.2, -0.15) is 0 Å². The number of hydrogen-bond acceptors (Lipinski definition) is 10. The maximum absolute atomic E-state index is 11.1. The second-order valence-electron chi connectivity index (χ2n) is 5.04. The van der Waals surface area contributed by atoms with Gasteiger partial charge in [-0.05, 0) is 0 Å². The van der Waals surface area contributed by atoms with Gasteiger partial charge in [0, 0.05) is 0 Å². The fraction of sp³-hybridized carbons (Fsp3) is 0.455. The molecule has 0 amide bonds. The average molecular weight is 325 g/mol. The first-order valence-corrected chi connectivity index (χ1v) is 6.59. The lowest BCUT2D eigenvalue weighted by atomic mass is 10.0. The highest BCUT2D eigenvalue weighted by molar-refractivity contribution is 5.81. The van der Waals surface area contributed by atoms with Crippen LogP contribution in [0.25, 0.3) is 11.2 Å². The molecule has 5 atom stereocenters. The van der Waals surface area contributed by atoms with Crippen molar-refractivity contribution in [3.8, 4) is 0 Å². The minimum Gasteiger partial charge on any atom is -0.480 e. The minimum absolute atomic E-state index is 0.144. The molecule has 1 aliphatic heterocycles. The van der Waals surface area contributed by atoms with E-state index in [9.17, 15) is 15.0 Å². The molecule has 3 rings (SSSR count). The minimum atomic E-state index is -1.48. The quantitative estimate of drug-likeness (QED) is 0.247. The Morgan fingerprint density at radius 2 is 2.09 bits per heavy atom. The number of carboxylic acid groups (broad SMARTS) is 1. The van der Waals surface area contributed by atoms with Gasteiger partial charge in [0.15, 0.2) is 17.7 Å². The zero-order valence-corrected chi connectivity index (χ0v) is 11.6. The Morgan fingerprint density at radius 1 is 1.35 bits per heavy atom. The van der Waals surface area contributed by atoms with Crippen LogP contribution in [0.15, 0.2) is 12.7 Å². The van der Waals surface area contributed by atoms with Crippen molar-refractivity contribution in [3.05, 3.63) is 12.7 Å². The molecule has 12 heteroatoms. The van der Waals surface area contributed by atoms with Gasteiger partial charge in [0.25, 0.3) is 0 Å². The molecule has 1 aliphatic rings. The molecule has 1 fully saturated rings. The number of carboxylic acids is 1. The standard InChI is InChI=1S/C11H15N7O5/c12-8-4-9(15-1-14-8)18(2-16-4)10-6(20)5(19)7(23-10)3(17-13)11(21)22/h1-3,5-7,10,17,19-20H,13H2,(H,21,22)(H2,12,14,15)/t3?,5-,6+,7+,10+/m0/s1. The monoisotopic (exact) mass is 325 g/mol. The number of nitrogens with one attached hydrogen (secondary N) is 1. The van der Waals surface area contributed by atoms with Gasteiger partial charge in [-0.25, -0.2) is 20.4 Å². The number of aromatic nitrogens is 4. The number of carbonyl (C=O) groups is 1. The Balaban J connectivity index is 1.97. The second kappa shape index (κ2) is 5.68. The van der Waals surface area contributed by atoms with Crippen molar-refractivity contribution in [1.82, 2.24) is 24.9 Å². The number of aliphatic carboxylic acids is 1. The van der Waals surface area contributed by atoms with Crippen LogP contribution in [0.4, 0.5) is 5.82 Å². The maximum atomic E-state index is 11.1. The van der Waals surface area contributed by atoms with Crippen LogP contribution < -0.4 is 17.0 Å². The van der Waals surface area contributed by atoms with E-state index in [1.165, 1.54) is 17.2 Å². The van der Waals surface area contributed by atoms with Crippen LogP contribution in [0.2, 0.25) is 0 Å². The van der Waals surface area contributed by atoms with Crippen molar-refractivity contribution in [2.75, 3.05) is 5.73 Å². The first-order chi connectivity index (χ1) is 11.0. The number of hydrogen-bond donors (Lipinski definition) is 6. The maximum Gasteiger partial charge on any atom is 0.324 e. The fourth-order valence-electron chi connectivity index (χ4n) is 2.55. The van der Waals surface area contributed by atoms with E-state index in [2.05, 4.69) is 15.0 Å².